The number of nitrogens with zero attached hydrogens (tertiary/aromatic N) is 2. The SMILES string of the molecule is N#C[C@@H]1C[C@H](F)CN1C(=O)CNC12CCC(C(=O)Nc3ccc(C(F)(F)F)cc3Cl)(CC1)CC2. The number of alkyl halides is 4. The molecule has 0 spiro atoms. The zero-order valence-corrected chi connectivity index (χ0v) is 19.1. The monoisotopic (exact) mass is 500 g/mol. The molecule has 11 heteroatoms. The molecule has 3 saturated carbocycles. The Morgan fingerprint density at radius 2 is 1.82 bits per heavy atom. The smallest absolute Gasteiger partial charge is 0.324 e. The molecule has 1 saturated heterocycles. The van der Waals surface area contributed by atoms with Crippen LogP contribution >= 0.6 is 11.6 Å². The Balaban J connectivity index is 1.34. The Labute approximate surface area is 199 Å². The molecule has 1 heterocycles. The summed E-state index contributed by atoms with van der Waals surface area (Å²) in [6.07, 6.45) is -2.01. The lowest BCUT2D eigenvalue weighted by Crippen LogP contribution is -2.59. The van der Waals surface area contributed by atoms with Crippen molar-refractivity contribution in [2.24, 2.45) is 5.41 Å². The van der Waals surface area contributed by atoms with E-state index in [4.69, 9.17) is 16.9 Å². The predicted octanol–water partition coefficient (Wildman–Crippen LogP) is 4.44. The Bertz CT molecular complexity index is 1000. The summed E-state index contributed by atoms with van der Waals surface area (Å²) in [5, 5.41) is 15.0. The van der Waals surface area contributed by atoms with Gasteiger partial charge in [-0.1, -0.05) is 11.6 Å². The topological polar surface area (TPSA) is 85.2 Å². The summed E-state index contributed by atoms with van der Waals surface area (Å²) in [6, 6.07) is 4.08. The molecular formula is C23H25ClF4N4O2. The van der Waals surface area contributed by atoms with E-state index >= 15 is 0 Å². The standard InChI is InChI=1S/C23H25ClF4N4O2/c24-17-9-14(23(26,27)28)1-2-18(17)31-20(34)21-3-6-22(7-4-21,8-5-21)30-12-19(33)32-13-15(25)10-16(32)11-29/h1-2,9,15-16,30H,3-8,10,12-13H2,(H,31,34)/t15-,16-,21?,22?/m0/s1. The van der Waals surface area contributed by atoms with Crippen molar-refractivity contribution in [2.45, 2.75) is 68.9 Å². The highest BCUT2D eigenvalue weighted by atomic mass is 35.5. The lowest BCUT2D eigenvalue weighted by Gasteiger charge is -2.52. The number of nitriles is 1. The van der Waals surface area contributed by atoms with Crippen LogP contribution in [-0.2, 0) is 15.8 Å². The predicted molar refractivity (Wildman–Crippen MR) is 117 cm³/mol. The van der Waals surface area contributed by atoms with Crippen LogP contribution in [0.5, 0.6) is 0 Å². The first-order valence-corrected chi connectivity index (χ1v) is 11.6. The molecule has 0 unspecified atom stereocenters. The number of carbonyl (C=O) groups excluding carboxylic acids is 2. The summed E-state index contributed by atoms with van der Waals surface area (Å²) in [5.41, 5.74) is -1.68. The van der Waals surface area contributed by atoms with E-state index in [0.29, 0.717) is 38.5 Å². The van der Waals surface area contributed by atoms with Crippen molar-refractivity contribution in [1.82, 2.24) is 10.2 Å². The molecule has 2 atom stereocenters. The van der Waals surface area contributed by atoms with Gasteiger partial charge in [-0.15, -0.1) is 0 Å². The maximum absolute atomic E-state index is 13.6. The number of hydrogen-bond donors (Lipinski definition) is 2. The normalized spacial score (nSPS) is 30.8. The highest BCUT2D eigenvalue weighted by Gasteiger charge is 2.52. The van der Waals surface area contributed by atoms with E-state index in [1.54, 1.807) is 0 Å². The lowest BCUT2D eigenvalue weighted by atomic mass is 9.57. The quantitative estimate of drug-likeness (QED) is 0.585. The van der Waals surface area contributed by atoms with Gasteiger partial charge in [-0.25, -0.2) is 4.39 Å². The fourth-order valence-corrected chi connectivity index (χ4v) is 5.61. The number of benzene rings is 1. The second-order valence-corrected chi connectivity index (χ2v) is 9.99. The minimum absolute atomic E-state index is 0.00522. The highest BCUT2D eigenvalue weighted by Crippen LogP contribution is 2.53. The molecule has 2 bridgehead atoms. The van der Waals surface area contributed by atoms with Crippen LogP contribution in [0.25, 0.3) is 0 Å². The van der Waals surface area contributed by atoms with Gasteiger partial charge in [-0.05, 0) is 56.7 Å². The summed E-state index contributed by atoms with van der Waals surface area (Å²) < 4.78 is 52.2. The van der Waals surface area contributed by atoms with Gasteiger partial charge in [0, 0.05) is 17.4 Å². The molecule has 2 N–H and O–H groups in total. The maximum Gasteiger partial charge on any atom is 0.416 e. The second kappa shape index (κ2) is 9.00. The first-order valence-electron chi connectivity index (χ1n) is 11.2. The number of halogens is 5. The van der Waals surface area contributed by atoms with Crippen molar-refractivity contribution < 1.29 is 27.2 Å². The third kappa shape index (κ3) is 4.73. The molecule has 0 radical (unpaired) electrons. The van der Waals surface area contributed by atoms with Gasteiger partial charge >= 0.3 is 6.18 Å². The Hall–Kier alpha value is -2.38. The van der Waals surface area contributed by atoms with E-state index in [0.717, 1.165) is 18.2 Å². The van der Waals surface area contributed by atoms with Crippen molar-refractivity contribution >= 4 is 29.1 Å². The van der Waals surface area contributed by atoms with Crippen LogP contribution in [0, 0.1) is 16.7 Å². The minimum Gasteiger partial charge on any atom is -0.324 e. The number of rotatable bonds is 5. The fraction of sp³-hybridized carbons (Fsp3) is 0.609. The second-order valence-electron chi connectivity index (χ2n) is 9.58. The first-order chi connectivity index (χ1) is 16.0. The molecular weight excluding hydrogens is 476 g/mol. The number of nitrogens with one attached hydrogen (secondary N) is 2. The number of amides is 2. The van der Waals surface area contributed by atoms with Crippen LogP contribution in [0.1, 0.15) is 50.5 Å². The zero-order chi connectivity index (χ0) is 24.7. The van der Waals surface area contributed by atoms with E-state index in [1.165, 1.54) is 4.90 Å². The maximum atomic E-state index is 13.6. The van der Waals surface area contributed by atoms with E-state index in [9.17, 15) is 27.2 Å². The number of anilines is 1. The van der Waals surface area contributed by atoms with Crippen LogP contribution in [0.15, 0.2) is 18.2 Å². The van der Waals surface area contributed by atoms with Gasteiger partial charge in [-0.3, -0.25) is 9.59 Å². The van der Waals surface area contributed by atoms with Crippen LogP contribution in [0.4, 0.5) is 23.2 Å². The van der Waals surface area contributed by atoms with Gasteiger partial charge < -0.3 is 15.5 Å². The van der Waals surface area contributed by atoms with Gasteiger partial charge in [-0.2, -0.15) is 18.4 Å². The average molecular weight is 501 g/mol. The Morgan fingerprint density at radius 1 is 1.18 bits per heavy atom. The van der Waals surface area contributed by atoms with Crippen molar-refractivity contribution in [3.8, 4) is 6.07 Å². The summed E-state index contributed by atoms with van der Waals surface area (Å²) >= 11 is 5.99. The number of hydrogen-bond acceptors (Lipinski definition) is 4. The third-order valence-corrected chi connectivity index (χ3v) is 7.92. The van der Waals surface area contributed by atoms with E-state index in [-0.39, 0.29) is 47.6 Å². The summed E-state index contributed by atoms with van der Waals surface area (Å²) in [6.45, 7) is -0.0627. The van der Waals surface area contributed by atoms with Crippen molar-refractivity contribution in [3.05, 3.63) is 28.8 Å². The van der Waals surface area contributed by atoms with E-state index in [1.807, 2.05) is 6.07 Å². The number of carbonyl (C=O) groups is 2. The third-order valence-electron chi connectivity index (χ3n) is 7.61. The van der Waals surface area contributed by atoms with Gasteiger partial charge in [0.25, 0.3) is 0 Å². The largest absolute Gasteiger partial charge is 0.416 e. The fourth-order valence-electron chi connectivity index (χ4n) is 5.39. The Kier molecular flexibility index (Phi) is 6.55. The van der Waals surface area contributed by atoms with Gasteiger partial charge in [0.2, 0.25) is 11.8 Å². The molecule has 2 amide bonds. The molecule has 1 aliphatic heterocycles. The lowest BCUT2D eigenvalue weighted by molar-refractivity contribution is -0.137. The molecule has 6 nitrogen and oxygen atoms in total. The molecule has 1 aromatic rings. The van der Waals surface area contributed by atoms with Crippen LogP contribution < -0.4 is 10.6 Å². The molecule has 1 aromatic carbocycles. The summed E-state index contributed by atoms with van der Waals surface area (Å²) in [5.74, 6) is -0.570. The van der Waals surface area contributed by atoms with E-state index < -0.39 is 29.4 Å². The zero-order valence-electron chi connectivity index (χ0n) is 18.4. The van der Waals surface area contributed by atoms with Crippen LogP contribution in [0.3, 0.4) is 0 Å². The van der Waals surface area contributed by atoms with Crippen molar-refractivity contribution in [3.63, 3.8) is 0 Å². The van der Waals surface area contributed by atoms with E-state index in [2.05, 4.69) is 10.6 Å². The molecule has 34 heavy (non-hydrogen) atoms. The molecule has 3 aliphatic carbocycles. The van der Waals surface area contributed by atoms with Crippen LogP contribution in [0.2, 0.25) is 5.02 Å². The van der Waals surface area contributed by atoms with Crippen LogP contribution in [-0.4, -0.2) is 47.6 Å². The molecule has 184 valence electrons. The molecule has 4 fully saturated rings. The van der Waals surface area contributed by atoms with Gasteiger partial charge in [0.15, 0.2) is 0 Å². The molecule has 0 aromatic heterocycles. The summed E-state index contributed by atoms with van der Waals surface area (Å²) in [7, 11) is 0. The first kappa shape index (κ1) is 24.7. The number of likely N-dealkylation sites (tertiary alicyclic amines) is 1. The Morgan fingerprint density at radius 3 is 2.38 bits per heavy atom. The summed E-state index contributed by atoms with van der Waals surface area (Å²) in [4.78, 5) is 26.9. The highest BCUT2D eigenvalue weighted by molar-refractivity contribution is 6.33. The van der Waals surface area contributed by atoms with Gasteiger partial charge in [0.05, 0.1) is 35.4 Å². The minimum atomic E-state index is -4.52. The molecule has 5 rings (SSSR count). The van der Waals surface area contributed by atoms with Crippen molar-refractivity contribution in [2.75, 3.05) is 18.4 Å². The molecule has 4 aliphatic rings. The number of fused-ring (bicyclic) bond motifs is 3. The average Bonchev–Trinajstić information content (AvgIpc) is 3.20. The van der Waals surface area contributed by atoms with Crippen molar-refractivity contribution in [1.29, 1.82) is 5.26 Å². The van der Waals surface area contributed by atoms with Gasteiger partial charge in [0.1, 0.15) is 12.2 Å².